The van der Waals surface area contributed by atoms with Gasteiger partial charge in [0.2, 0.25) is 0 Å². The summed E-state index contributed by atoms with van der Waals surface area (Å²) in [5, 5.41) is 12.1. The molecule has 0 bridgehead atoms. The predicted octanol–water partition coefficient (Wildman–Crippen LogP) is 2.15. The Bertz CT molecular complexity index is 484. The largest absolute Gasteiger partial charge is 0.383 e. The molecule has 0 unspecified atom stereocenters. The lowest BCUT2D eigenvalue weighted by Crippen LogP contribution is -2.30. The molecule has 1 heterocycles. The van der Waals surface area contributed by atoms with Crippen LogP contribution in [0.15, 0.2) is 0 Å². The van der Waals surface area contributed by atoms with Crippen molar-refractivity contribution in [2.75, 3.05) is 43.6 Å². The molecule has 0 aliphatic rings. The van der Waals surface area contributed by atoms with Crippen molar-refractivity contribution in [2.24, 2.45) is 0 Å². The van der Waals surface area contributed by atoms with Gasteiger partial charge in [0, 0.05) is 38.7 Å². The lowest BCUT2D eigenvalue weighted by atomic mass is 10.2. The van der Waals surface area contributed by atoms with E-state index in [4.69, 9.17) is 10.00 Å². The van der Waals surface area contributed by atoms with Gasteiger partial charge in [-0.05, 0) is 13.8 Å². The highest BCUT2D eigenvalue weighted by atomic mass is 16.5. The minimum atomic E-state index is 0.463. The molecule has 0 aromatic carbocycles. The van der Waals surface area contributed by atoms with Crippen LogP contribution in [-0.2, 0) is 11.2 Å². The summed E-state index contributed by atoms with van der Waals surface area (Å²) in [6.45, 7) is 8.88. The number of aryl methyl sites for hydroxylation is 1. The van der Waals surface area contributed by atoms with Gasteiger partial charge in [-0.25, -0.2) is 9.97 Å². The van der Waals surface area contributed by atoms with Crippen molar-refractivity contribution in [2.45, 2.75) is 33.6 Å². The number of anilines is 2. The molecule has 0 saturated heterocycles. The van der Waals surface area contributed by atoms with Crippen molar-refractivity contribution < 1.29 is 4.74 Å². The second-order valence-corrected chi connectivity index (χ2v) is 4.71. The van der Waals surface area contributed by atoms with Crippen LogP contribution in [0.3, 0.4) is 0 Å². The van der Waals surface area contributed by atoms with Crippen LogP contribution in [0, 0.1) is 18.3 Å². The fourth-order valence-corrected chi connectivity index (χ4v) is 2.07. The van der Waals surface area contributed by atoms with Gasteiger partial charge in [0.1, 0.15) is 17.5 Å². The number of aromatic nitrogens is 2. The summed E-state index contributed by atoms with van der Waals surface area (Å²) in [7, 11) is 1.68. The van der Waals surface area contributed by atoms with E-state index < -0.39 is 0 Å². The molecule has 0 aliphatic carbocycles. The molecule has 1 rings (SSSR count). The molecule has 0 amide bonds. The predicted molar refractivity (Wildman–Crippen MR) is 84.6 cm³/mol. The van der Waals surface area contributed by atoms with Crippen LogP contribution in [0.25, 0.3) is 0 Å². The first-order chi connectivity index (χ1) is 10.2. The number of nitriles is 1. The Morgan fingerprint density at radius 2 is 2.05 bits per heavy atom. The van der Waals surface area contributed by atoms with Gasteiger partial charge < -0.3 is 15.0 Å². The number of nitrogens with zero attached hydrogens (tertiary/aromatic N) is 4. The van der Waals surface area contributed by atoms with Gasteiger partial charge in [0.25, 0.3) is 0 Å². The monoisotopic (exact) mass is 291 g/mol. The summed E-state index contributed by atoms with van der Waals surface area (Å²) in [6.07, 6.45) is 1.24. The summed E-state index contributed by atoms with van der Waals surface area (Å²) < 4.78 is 5.16. The SMILES string of the molecule is CCNc1nc(CC)nc(N(CCC#N)CCOC)c1C. The molecule has 116 valence electrons. The molecule has 0 atom stereocenters. The molecular formula is C15H25N5O. The molecule has 21 heavy (non-hydrogen) atoms. The van der Waals surface area contributed by atoms with E-state index in [9.17, 15) is 0 Å². The maximum absolute atomic E-state index is 8.84. The third-order valence-corrected chi connectivity index (χ3v) is 3.19. The maximum Gasteiger partial charge on any atom is 0.137 e. The van der Waals surface area contributed by atoms with Crippen molar-refractivity contribution in [3.63, 3.8) is 0 Å². The third-order valence-electron chi connectivity index (χ3n) is 3.19. The molecule has 0 radical (unpaired) electrons. The zero-order valence-electron chi connectivity index (χ0n) is 13.4. The zero-order chi connectivity index (χ0) is 15.7. The smallest absolute Gasteiger partial charge is 0.137 e. The normalized spacial score (nSPS) is 10.2. The van der Waals surface area contributed by atoms with E-state index in [-0.39, 0.29) is 0 Å². The Hall–Kier alpha value is -1.87. The Kier molecular flexibility index (Phi) is 7.48. The van der Waals surface area contributed by atoms with Crippen LogP contribution in [0.2, 0.25) is 0 Å². The Labute approximate surface area is 127 Å². The summed E-state index contributed by atoms with van der Waals surface area (Å²) >= 11 is 0. The van der Waals surface area contributed by atoms with Crippen LogP contribution in [0.4, 0.5) is 11.6 Å². The van der Waals surface area contributed by atoms with Crippen LogP contribution in [0.5, 0.6) is 0 Å². The van der Waals surface area contributed by atoms with E-state index in [1.807, 2.05) is 20.8 Å². The first kappa shape index (κ1) is 17.2. The zero-order valence-corrected chi connectivity index (χ0v) is 13.4. The summed E-state index contributed by atoms with van der Waals surface area (Å²) in [6, 6.07) is 2.19. The highest BCUT2D eigenvalue weighted by molar-refractivity contribution is 5.58. The van der Waals surface area contributed by atoms with Crippen LogP contribution in [-0.4, -0.2) is 43.3 Å². The Morgan fingerprint density at radius 1 is 1.29 bits per heavy atom. The van der Waals surface area contributed by atoms with E-state index in [0.717, 1.165) is 36.0 Å². The fourth-order valence-electron chi connectivity index (χ4n) is 2.07. The van der Waals surface area contributed by atoms with Crippen LogP contribution < -0.4 is 10.2 Å². The topological polar surface area (TPSA) is 74.1 Å². The van der Waals surface area contributed by atoms with Gasteiger partial charge in [-0.1, -0.05) is 6.92 Å². The number of rotatable bonds is 9. The molecule has 0 spiro atoms. The molecule has 1 aromatic rings. The average molecular weight is 291 g/mol. The van der Waals surface area contributed by atoms with Crippen molar-refractivity contribution in [1.82, 2.24) is 9.97 Å². The first-order valence-electron chi connectivity index (χ1n) is 7.40. The third kappa shape index (κ3) is 4.87. The summed E-state index contributed by atoms with van der Waals surface area (Å²) in [4.78, 5) is 11.3. The van der Waals surface area contributed by atoms with E-state index >= 15 is 0 Å². The van der Waals surface area contributed by atoms with Crippen molar-refractivity contribution in [3.8, 4) is 6.07 Å². The lowest BCUT2D eigenvalue weighted by Gasteiger charge is -2.25. The number of ether oxygens (including phenoxy) is 1. The van der Waals surface area contributed by atoms with Crippen molar-refractivity contribution in [3.05, 3.63) is 11.4 Å². The molecule has 1 aromatic heterocycles. The number of hydrogen-bond donors (Lipinski definition) is 1. The second kappa shape index (κ2) is 9.14. The van der Waals surface area contributed by atoms with Gasteiger partial charge >= 0.3 is 0 Å². The van der Waals surface area contributed by atoms with E-state index in [1.54, 1.807) is 7.11 Å². The molecule has 0 fully saturated rings. The number of hydrogen-bond acceptors (Lipinski definition) is 6. The van der Waals surface area contributed by atoms with E-state index in [1.165, 1.54) is 0 Å². The summed E-state index contributed by atoms with van der Waals surface area (Å²) in [5.74, 6) is 2.58. The van der Waals surface area contributed by atoms with Crippen molar-refractivity contribution >= 4 is 11.6 Å². The standard InChI is InChI=1S/C15H25N5O/c1-5-13-18-14(17-6-2)12(3)15(19-13)20(9-7-8-16)10-11-21-4/h5-7,9-11H2,1-4H3,(H,17,18,19). The molecule has 1 N–H and O–H groups in total. The summed E-state index contributed by atoms with van der Waals surface area (Å²) in [5.41, 5.74) is 1.02. The molecule has 0 saturated carbocycles. The average Bonchev–Trinajstić information content (AvgIpc) is 2.50. The van der Waals surface area contributed by atoms with E-state index in [0.29, 0.717) is 26.1 Å². The first-order valence-corrected chi connectivity index (χ1v) is 7.40. The van der Waals surface area contributed by atoms with Gasteiger partial charge in [0.15, 0.2) is 0 Å². The van der Waals surface area contributed by atoms with Gasteiger partial charge in [-0.3, -0.25) is 0 Å². The lowest BCUT2D eigenvalue weighted by molar-refractivity contribution is 0.205. The minimum absolute atomic E-state index is 0.463. The van der Waals surface area contributed by atoms with Crippen molar-refractivity contribution in [1.29, 1.82) is 5.26 Å². The highest BCUT2D eigenvalue weighted by Gasteiger charge is 2.16. The van der Waals surface area contributed by atoms with Gasteiger partial charge in [-0.2, -0.15) is 5.26 Å². The molecule has 6 heteroatoms. The van der Waals surface area contributed by atoms with Crippen LogP contribution >= 0.6 is 0 Å². The van der Waals surface area contributed by atoms with Gasteiger partial charge in [-0.15, -0.1) is 0 Å². The quantitative estimate of drug-likeness (QED) is 0.751. The maximum atomic E-state index is 8.84. The molecule has 6 nitrogen and oxygen atoms in total. The number of nitrogens with one attached hydrogen (secondary N) is 1. The Morgan fingerprint density at radius 3 is 2.62 bits per heavy atom. The number of methoxy groups -OCH3 is 1. The fraction of sp³-hybridized carbons (Fsp3) is 0.667. The molecular weight excluding hydrogens is 266 g/mol. The highest BCUT2D eigenvalue weighted by Crippen LogP contribution is 2.24. The van der Waals surface area contributed by atoms with Crippen LogP contribution in [0.1, 0.15) is 31.7 Å². The Balaban J connectivity index is 3.14. The van der Waals surface area contributed by atoms with Gasteiger partial charge in [0.05, 0.1) is 19.1 Å². The molecule has 0 aliphatic heterocycles. The second-order valence-electron chi connectivity index (χ2n) is 4.71. The minimum Gasteiger partial charge on any atom is -0.383 e. The van der Waals surface area contributed by atoms with E-state index in [2.05, 4.69) is 26.3 Å².